The first-order valence-electron chi connectivity index (χ1n) is 3.36. The van der Waals surface area contributed by atoms with Crippen molar-refractivity contribution in [1.29, 1.82) is 0 Å². The number of ether oxygens (including phenoxy) is 1. The average molecular weight is 156 g/mol. The van der Waals surface area contributed by atoms with Gasteiger partial charge in [-0.2, -0.15) is 0 Å². The molecule has 0 saturated carbocycles. The summed E-state index contributed by atoms with van der Waals surface area (Å²) in [5.74, 6) is -0.591. The molecule has 0 aromatic carbocycles. The maximum atomic E-state index is 10.7. The van der Waals surface area contributed by atoms with Crippen molar-refractivity contribution in [2.75, 3.05) is 0 Å². The first kappa shape index (κ1) is 9.88. The molecule has 0 bridgehead atoms. The van der Waals surface area contributed by atoms with Gasteiger partial charge < -0.3 is 4.74 Å². The van der Waals surface area contributed by atoms with Crippen LogP contribution < -0.4 is 0 Å². The van der Waals surface area contributed by atoms with Crippen LogP contribution in [0.5, 0.6) is 0 Å². The van der Waals surface area contributed by atoms with Crippen LogP contribution in [0.4, 0.5) is 0 Å². The summed E-state index contributed by atoms with van der Waals surface area (Å²) in [4.78, 5) is 21.2. The van der Waals surface area contributed by atoms with E-state index in [-0.39, 0.29) is 5.78 Å². The molecule has 0 radical (unpaired) electrons. The molecule has 0 N–H and O–H groups in total. The van der Waals surface area contributed by atoms with Gasteiger partial charge in [0.2, 0.25) is 0 Å². The summed E-state index contributed by atoms with van der Waals surface area (Å²) in [6, 6.07) is 0. The van der Waals surface area contributed by atoms with Crippen molar-refractivity contribution >= 4 is 11.8 Å². The van der Waals surface area contributed by atoms with Crippen molar-refractivity contribution in [3.05, 3.63) is 12.7 Å². The van der Waals surface area contributed by atoms with Gasteiger partial charge in [0.25, 0.3) is 0 Å². The SMILES string of the molecule is C=CCC(OC(C)=O)C(C)=O. The Morgan fingerprint density at radius 3 is 2.36 bits per heavy atom. The van der Waals surface area contributed by atoms with E-state index in [4.69, 9.17) is 4.74 Å². The van der Waals surface area contributed by atoms with Crippen molar-refractivity contribution in [2.45, 2.75) is 26.4 Å². The van der Waals surface area contributed by atoms with Gasteiger partial charge in [0.05, 0.1) is 0 Å². The van der Waals surface area contributed by atoms with E-state index >= 15 is 0 Å². The summed E-state index contributed by atoms with van der Waals surface area (Å²) >= 11 is 0. The molecule has 0 aromatic rings. The molecule has 0 aromatic heterocycles. The molecule has 0 amide bonds. The fraction of sp³-hybridized carbons (Fsp3) is 0.500. The molecule has 11 heavy (non-hydrogen) atoms. The summed E-state index contributed by atoms with van der Waals surface area (Å²) in [5, 5.41) is 0. The van der Waals surface area contributed by atoms with E-state index in [1.165, 1.54) is 13.8 Å². The maximum Gasteiger partial charge on any atom is 0.303 e. The molecule has 1 unspecified atom stereocenters. The second kappa shape index (κ2) is 4.66. The summed E-state index contributed by atoms with van der Waals surface area (Å²) < 4.78 is 4.69. The van der Waals surface area contributed by atoms with Crippen LogP contribution in [0, 0.1) is 0 Å². The fourth-order valence-electron chi connectivity index (χ4n) is 0.649. The molecule has 0 saturated heterocycles. The molecule has 0 aliphatic rings. The van der Waals surface area contributed by atoms with E-state index < -0.39 is 12.1 Å². The Morgan fingerprint density at radius 1 is 1.55 bits per heavy atom. The van der Waals surface area contributed by atoms with Gasteiger partial charge in [-0.05, 0) is 6.92 Å². The Morgan fingerprint density at radius 2 is 2.09 bits per heavy atom. The topological polar surface area (TPSA) is 43.4 Å². The second-order valence-corrected chi connectivity index (χ2v) is 2.23. The number of ketones is 1. The highest BCUT2D eigenvalue weighted by Crippen LogP contribution is 2.00. The third-order valence-electron chi connectivity index (χ3n) is 1.14. The molecule has 1 atom stereocenters. The predicted octanol–water partition coefficient (Wildman–Crippen LogP) is 1.08. The largest absolute Gasteiger partial charge is 0.454 e. The maximum absolute atomic E-state index is 10.7. The lowest BCUT2D eigenvalue weighted by Gasteiger charge is -2.10. The zero-order valence-electron chi connectivity index (χ0n) is 6.79. The zero-order chi connectivity index (χ0) is 8.85. The average Bonchev–Trinajstić information content (AvgIpc) is 1.86. The lowest BCUT2D eigenvalue weighted by atomic mass is 10.2. The molecule has 0 aliphatic carbocycles. The Kier molecular flexibility index (Phi) is 4.18. The number of carbonyl (C=O) groups excluding carboxylic acids is 2. The van der Waals surface area contributed by atoms with Gasteiger partial charge >= 0.3 is 5.97 Å². The molecule has 0 aliphatic heterocycles. The quantitative estimate of drug-likeness (QED) is 0.452. The molecule has 62 valence electrons. The molecule has 0 heterocycles. The fourth-order valence-corrected chi connectivity index (χ4v) is 0.649. The van der Waals surface area contributed by atoms with Gasteiger partial charge in [-0.3, -0.25) is 9.59 Å². The minimum Gasteiger partial charge on any atom is -0.454 e. The second-order valence-electron chi connectivity index (χ2n) is 2.23. The van der Waals surface area contributed by atoms with Crippen molar-refractivity contribution in [3.63, 3.8) is 0 Å². The van der Waals surface area contributed by atoms with Gasteiger partial charge in [0, 0.05) is 13.3 Å². The highest BCUT2D eigenvalue weighted by atomic mass is 16.5. The number of Topliss-reactive ketones (excluding diaryl/α,β-unsaturated/α-hetero) is 1. The van der Waals surface area contributed by atoms with Crippen molar-refractivity contribution in [1.82, 2.24) is 0 Å². The monoisotopic (exact) mass is 156 g/mol. The molecule has 3 heteroatoms. The summed E-state index contributed by atoms with van der Waals surface area (Å²) in [7, 11) is 0. The van der Waals surface area contributed by atoms with Gasteiger partial charge in [-0.1, -0.05) is 6.08 Å². The third-order valence-corrected chi connectivity index (χ3v) is 1.14. The van der Waals surface area contributed by atoms with Crippen molar-refractivity contribution in [3.8, 4) is 0 Å². The lowest BCUT2D eigenvalue weighted by molar-refractivity contribution is -0.152. The van der Waals surface area contributed by atoms with E-state index in [2.05, 4.69) is 6.58 Å². The van der Waals surface area contributed by atoms with Crippen LogP contribution in [0.3, 0.4) is 0 Å². The third kappa shape index (κ3) is 4.31. The summed E-state index contributed by atoms with van der Waals surface area (Å²) in [6.45, 7) is 6.11. The van der Waals surface area contributed by atoms with Gasteiger partial charge in [0.15, 0.2) is 11.9 Å². The Bertz CT molecular complexity index is 172. The number of rotatable bonds is 4. The highest BCUT2D eigenvalue weighted by Gasteiger charge is 2.14. The van der Waals surface area contributed by atoms with Gasteiger partial charge in [0.1, 0.15) is 0 Å². The Labute approximate surface area is 66.0 Å². The zero-order valence-corrected chi connectivity index (χ0v) is 6.79. The minimum atomic E-state index is -0.648. The Hall–Kier alpha value is -1.12. The standard InChI is InChI=1S/C8H12O3/c1-4-5-8(6(2)9)11-7(3)10/h4,8H,1,5H2,2-3H3. The number of hydrogen-bond donors (Lipinski definition) is 0. The first-order valence-corrected chi connectivity index (χ1v) is 3.36. The van der Waals surface area contributed by atoms with Crippen LogP contribution in [-0.2, 0) is 14.3 Å². The normalized spacial score (nSPS) is 11.8. The predicted molar refractivity (Wildman–Crippen MR) is 41.0 cm³/mol. The number of hydrogen-bond acceptors (Lipinski definition) is 3. The van der Waals surface area contributed by atoms with Crippen LogP contribution >= 0.6 is 0 Å². The number of carbonyl (C=O) groups is 2. The van der Waals surface area contributed by atoms with E-state index in [0.717, 1.165) is 0 Å². The molecule has 0 spiro atoms. The lowest BCUT2D eigenvalue weighted by Crippen LogP contribution is -2.23. The number of esters is 1. The van der Waals surface area contributed by atoms with E-state index in [0.29, 0.717) is 6.42 Å². The van der Waals surface area contributed by atoms with Crippen LogP contribution in [-0.4, -0.2) is 17.9 Å². The molecule has 0 fully saturated rings. The van der Waals surface area contributed by atoms with Crippen LogP contribution in [0.25, 0.3) is 0 Å². The summed E-state index contributed by atoms with van der Waals surface area (Å²) in [5.41, 5.74) is 0. The van der Waals surface area contributed by atoms with Gasteiger partial charge in [-0.15, -0.1) is 6.58 Å². The van der Waals surface area contributed by atoms with Crippen molar-refractivity contribution < 1.29 is 14.3 Å². The summed E-state index contributed by atoms with van der Waals surface area (Å²) in [6.07, 6.45) is 1.29. The first-order chi connectivity index (χ1) is 5.07. The molecular weight excluding hydrogens is 144 g/mol. The molecule has 0 rings (SSSR count). The van der Waals surface area contributed by atoms with Crippen LogP contribution in [0.15, 0.2) is 12.7 Å². The van der Waals surface area contributed by atoms with E-state index in [1.54, 1.807) is 6.08 Å². The highest BCUT2D eigenvalue weighted by molar-refractivity contribution is 5.83. The van der Waals surface area contributed by atoms with Crippen LogP contribution in [0.2, 0.25) is 0 Å². The van der Waals surface area contributed by atoms with E-state index in [9.17, 15) is 9.59 Å². The van der Waals surface area contributed by atoms with E-state index in [1.807, 2.05) is 0 Å². The smallest absolute Gasteiger partial charge is 0.303 e. The van der Waals surface area contributed by atoms with Gasteiger partial charge in [-0.25, -0.2) is 0 Å². The molecule has 3 nitrogen and oxygen atoms in total. The van der Waals surface area contributed by atoms with Crippen molar-refractivity contribution in [2.24, 2.45) is 0 Å². The minimum absolute atomic E-state index is 0.153. The Balaban J connectivity index is 3.99. The van der Waals surface area contributed by atoms with Crippen LogP contribution in [0.1, 0.15) is 20.3 Å². The molecular formula is C8H12O3.